The Hall–Kier alpha value is -0.340. The van der Waals surface area contributed by atoms with Crippen LogP contribution in [-0.4, -0.2) is 0 Å². The molecule has 0 aromatic heterocycles. The van der Waals surface area contributed by atoms with Crippen LogP contribution in [0.25, 0.3) is 0 Å². The summed E-state index contributed by atoms with van der Waals surface area (Å²) in [5.41, 5.74) is 8.77. The van der Waals surface area contributed by atoms with Gasteiger partial charge >= 0.3 is 0 Å². The fourth-order valence-corrected chi connectivity index (χ4v) is 2.49. The summed E-state index contributed by atoms with van der Waals surface area (Å²) in [5.74, 6) is 0.720. The van der Waals surface area contributed by atoms with Crippen molar-refractivity contribution < 1.29 is 0 Å². The number of aryl methyl sites for hydroxylation is 1. The number of halogens is 1. The molecule has 1 fully saturated rings. The van der Waals surface area contributed by atoms with E-state index in [2.05, 4.69) is 41.1 Å². The molecule has 0 bridgehead atoms. The van der Waals surface area contributed by atoms with Crippen LogP contribution in [0.15, 0.2) is 22.7 Å². The molecule has 0 heterocycles. The van der Waals surface area contributed by atoms with Gasteiger partial charge in [0.05, 0.1) is 0 Å². The van der Waals surface area contributed by atoms with Gasteiger partial charge in [0, 0.05) is 10.5 Å². The Balaban J connectivity index is 2.36. The topological polar surface area (TPSA) is 26.0 Å². The zero-order chi connectivity index (χ0) is 9.42. The zero-order valence-electron chi connectivity index (χ0n) is 7.76. The first kappa shape index (κ1) is 9.22. The van der Waals surface area contributed by atoms with Crippen LogP contribution in [0.3, 0.4) is 0 Å². The highest BCUT2D eigenvalue weighted by atomic mass is 79.9. The molecule has 2 rings (SSSR count). The monoisotopic (exact) mass is 239 g/mol. The van der Waals surface area contributed by atoms with E-state index in [4.69, 9.17) is 5.73 Å². The van der Waals surface area contributed by atoms with E-state index in [9.17, 15) is 0 Å². The van der Waals surface area contributed by atoms with Crippen molar-refractivity contribution in [3.8, 4) is 0 Å². The number of rotatable bonds is 2. The lowest BCUT2D eigenvalue weighted by atomic mass is 9.99. The summed E-state index contributed by atoms with van der Waals surface area (Å²) in [6.45, 7) is 2.13. The fourth-order valence-electron chi connectivity index (χ4n) is 1.76. The summed E-state index contributed by atoms with van der Waals surface area (Å²) >= 11 is 3.56. The predicted molar refractivity (Wildman–Crippen MR) is 58.5 cm³/mol. The lowest BCUT2D eigenvalue weighted by Gasteiger charge is -2.15. The third kappa shape index (κ3) is 1.79. The quantitative estimate of drug-likeness (QED) is 0.844. The maximum atomic E-state index is 6.17. The number of hydrogen-bond acceptors (Lipinski definition) is 1. The maximum Gasteiger partial charge on any atom is 0.0337 e. The summed E-state index contributed by atoms with van der Waals surface area (Å²) < 4.78 is 1.16. The molecule has 0 spiro atoms. The molecule has 2 N–H and O–H groups in total. The molecule has 70 valence electrons. The number of benzene rings is 1. The van der Waals surface area contributed by atoms with Gasteiger partial charge in [0.15, 0.2) is 0 Å². The summed E-state index contributed by atoms with van der Waals surface area (Å²) in [5, 5.41) is 0. The minimum absolute atomic E-state index is 0.232. The molecule has 2 heteroatoms. The van der Waals surface area contributed by atoms with E-state index in [-0.39, 0.29) is 6.04 Å². The highest BCUT2D eigenvalue weighted by Gasteiger charge is 2.31. The minimum atomic E-state index is 0.232. The number of nitrogens with two attached hydrogens (primary N) is 1. The maximum absolute atomic E-state index is 6.17. The summed E-state index contributed by atoms with van der Waals surface area (Å²) in [6.07, 6.45) is 2.59. The van der Waals surface area contributed by atoms with Gasteiger partial charge in [-0.05, 0) is 42.9 Å². The van der Waals surface area contributed by atoms with E-state index in [1.54, 1.807) is 0 Å². The van der Waals surface area contributed by atoms with Crippen molar-refractivity contribution in [1.82, 2.24) is 0 Å². The molecule has 0 saturated heterocycles. The molecule has 1 aromatic carbocycles. The second-order valence-electron chi connectivity index (χ2n) is 3.83. The Morgan fingerprint density at radius 2 is 2.15 bits per heavy atom. The predicted octanol–water partition coefficient (Wildman–Crippen LogP) is 3.17. The second kappa shape index (κ2) is 3.43. The highest BCUT2D eigenvalue weighted by Crippen LogP contribution is 2.42. The summed E-state index contributed by atoms with van der Waals surface area (Å²) in [6, 6.07) is 6.49. The standard InChI is InChI=1S/C11H14BrN/c1-7-3-2-4-9(12)10(7)11(13)8-5-6-8/h2-4,8,11H,5-6,13H2,1H3/t11-/m0/s1. The molecule has 1 aliphatic rings. The molecular weight excluding hydrogens is 226 g/mol. The van der Waals surface area contributed by atoms with E-state index in [1.807, 2.05) is 0 Å². The van der Waals surface area contributed by atoms with E-state index < -0.39 is 0 Å². The van der Waals surface area contributed by atoms with Gasteiger partial charge in [-0.2, -0.15) is 0 Å². The van der Waals surface area contributed by atoms with Crippen molar-refractivity contribution in [2.24, 2.45) is 11.7 Å². The first-order valence-electron chi connectivity index (χ1n) is 4.70. The van der Waals surface area contributed by atoms with Gasteiger partial charge in [-0.1, -0.05) is 28.1 Å². The lowest BCUT2D eigenvalue weighted by Crippen LogP contribution is -2.14. The normalized spacial score (nSPS) is 18.7. The van der Waals surface area contributed by atoms with Crippen LogP contribution in [0.5, 0.6) is 0 Å². The van der Waals surface area contributed by atoms with Crippen molar-refractivity contribution in [1.29, 1.82) is 0 Å². The first-order chi connectivity index (χ1) is 6.20. The molecule has 1 atom stereocenters. The van der Waals surface area contributed by atoms with Gasteiger partial charge < -0.3 is 5.73 Å². The molecule has 1 aromatic rings. The van der Waals surface area contributed by atoms with Crippen molar-refractivity contribution in [2.45, 2.75) is 25.8 Å². The highest BCUT2D eigenvalue weighted by molar-refractivity contribution is 9.10. The van der Waals surface area contributed by atoms with Gasteiger partial charge in [0.1, 0.15) is 0 Å². The second-order valence-corrected chi connectivity index (χ2v) is 4.69. The van der Waals surface area contributed by atoms with Gasteiger partial charge in [0.25, 0.3) is 0 Å². The molecule has 13 heavy (non-hydrogen) atoms. The molecular formula is C11H14BrN. The minimum Gasteiger partial charge on any atom is -0.324 e. The van der Waals surface area contributed by atoms with Crippen LogP contribution >= 0.6 is 15.9 Å². The Labute approximate surface area is 87.5 Å². The average molecular weight is 240 g/mol. The van der Waals surface area contributed by atoms with Crippen LogP contribution in [0.4, 0.5) is 0 Å². The first-order valence-corrected chi connectivity index (χ1v) is 5.50. The van der Waals surface area contributed by atoms with E-state index in [0.717, 1.165) is 10.4 Å². The molecule has 1 nitrogen and oxygen atoms in total. The van der Waals surface area contributed by atoms with Crippen molar-refractivity contribution in [3.05, 3.63) is 33.8 Å². The van der Waals surface area contributed by atoms with E-state index in [1.165, 1.54) is 24.0 Å². The van der Waals surface area contributed by atoms with Crippen molar-refractivity contribution in [2.75, 3.05) is 0 Å². The van der Waals surface area contributed by atoms with Crippen molar-refractivity contribution >= 4 is 15.9 Å². The van der Waals surface area contributed by atoms with Crippen LogP contribution < -0.4 is 5.73 Å². The Bertz CT molecular complexity index is 298. The zero-order valence-corrected chi connectivity index (χ0v) is 9.34. The Morgan fingerprint density at radius 3 is 2.69 bits per heavy atom. The van der Waals surface area contributed by atoms with Crippen LogP contribution in [0.2, 0.25) is 0 Å². The molecule has 0 radical (unpaired) electrons. The van der Waals surface area contributed by atoms with Crippen LogP contribution in [-0.2, 0) is 0 Å². The van der Waals surface area contributed by atoms with Crippen molar-refractivity contribution in [3.63, 3.8) is 0 Å². The van der Waals surface area contributed by atoms with Gasteiger partial charge in [-0.3, -0.25) is 0 Å². The molecule has 1 saturated carbocycles. The van der Waals surface area contributed by atoms with Gasteiger partial charge in [-0.25, -0.2) is 0 Å². The van der Waals surface area contributed by atoms with Crippen LogP contribution in [0, 0.1) is 12.8 Å². The lowest BCUT2D eigenvalue weighted by molar-refractivity contribution is 0.627. The average Bonchev–Trinajstić information content (AvgIpc) is 2.85. The third-order valence-corrected chi connectivity index (χ3v) is 3.43. The summed E-state index contributed by atoms with van der Waals surface area (Å²) in [7, 11) is 0. The molecule has 0 aliphatic heterocycles. The summed E-state index contributed by atoms with van der Waals surface area (Å²) in [4.78, 5) is 0. The number of hydrogen-bond donors (Lipinski definition) is 1. The smallest absolute Gasteiger partial charge is 0.0337 e. The molecule has 1 aliphatic carbocycles. The van der Waals surface area contributed by atoms with E-state index >= 15 is 0 Å². The van der Waals surface area contributed by atoms with Crippen LogP contribution in [0.1, 0.15) is 30.0 Å². The Morgan fingerprint density at radius 1 is 1.46 bits per heavy atom. The largest absolute Gasteiger partial charge is 0.324 e. The fraction of sp³-hybridized carbons (Fsp3) is 0.455. The Kier molecular flexibility index (Phi) is 2.43. The van der Waals surface area contributed by atoms with Gasteiger partial charge in [0.2, 0.25) is 0 Å². The SMILES string of the molecule is Cc1cccc(Br)c1[C@@H](N)C1CC1. The molecule has 0 amide bonds. The third-order valence-electron chi connectivity index (χ3n) is 2.73. The molecule has 0 unspecified atom stereocenters. The van der Waals surface area contributed by atoms with Gasteiger partial charge in [-0.15, -0.1) is 0 Å². The van der Waals surface area contributed by atoms with E-state index in [0.29, 0.717) is 0 Å².